The van der Waals surface area contributed by atoms with Gasteiger partial charge < -0.3 is 55.7 Å². The SMILES string of the molecule is CCCCc1nc2c([nH]1)c(N)nc1cc(CCCCCN(C)CCOCCC(=O)O)ccc12.CCCCc1nc2c([nH]1)c(N)nc1cc(CCCCCN(C)CCOCCC(=O)Oc3c(F)c(F)cc(F)c3F)ccc12.Oc1c(F)c(F)cc(F)c1F. The number of likely N-dealkylation sites (N-methyl/N-ethyl adjacent to an activating group) is 2. The summed E-state index contributed by atoms with van der Waals surface area (Å²) in [5.41, 5.74) is 20.1. The number of halogens is 8. The van der Waals surface area contributed by atoms with E-state index < -0.39 is 70.0 Å². The number of nitrogen functional groups attached to an aromatic ring is 2. The molecule has 0 aliphatic rings. The van der Waals surface area contributed by atoms with E-state index in [1.54, 1.807) is 0 Å². The summed E-state index contributed by atoms with van der Waals surface area (Å²) in [7, 11) is 4.04. The summed E-state index contributed by atoms with van der Waals surface area (Å²) < 4.78 is 117. The number of phenolic OH excluding ortho intramolecular Hbond substituents is 1. The number of esters is 1. The van der Waals surface area contributed by atoms with Crippen LogP contribution in [-0.2, 0) is 44.7 Å². The zero-order chi connectivity index (χ0) is 63.2. The molecule has 0 unspecified atom stereocenters. The molecule has 0 aliphatic carbocycles. The predicted octanol–water partition coefficient (Wildman–Crippen LogP) is 12.4. The highest BCUT2D eigenvalue weighted by Gasteiger charge is 2.24. The Balaban J connectivity index is 0.000000242. The molecule has 17 nitrogen and oxygen atoms in total. The van der Waals surface area contributed by atoms with Gasteiger partial charge in [0.25, 0.3) is 0 Å². The molecule has 8 rings (SSSR count). The Morgan fingerprint density at radius 2 is 0.954 bits per heavy atom. The van der Waals surface area contributed by atoms with E-state index in [2.05, 4.69) is 91.8 Å². The number of carboxylic acids is 1. The molecule has 0 atom stereocenters. The molecule has 0 aliphatic heterocycles. The number of aromatic hydroxyl groups is 1. The summed E-state index contributed by atoms with van der Waals surface area (Å²) in [5, 5.41) is 19.0. The fourth-order valence-electron chi connectivity index (χ4n) is 9.28. The van der Waals surface area contributed by atoms with Crippen LogP contribution in [-0.4, -0.2) is 129 Å². The Morgan fingerprint density at radius 3 is 1.38 bits per heavy atom. The van der Waals surface area contributed by atoms with Crippen molar-refractivity contribution in [3.8, 4) is 11.5 Å². The number of nitrogens with one attached hydrogen (secondary N) is 2. The van der Waals surface area contributed by atoms with Gasteiger partial charge in [0.05, 0.1) is 50.3 Å². The lowest BCUT2D eigenvalue weighted by molar-refractivity contribution is -0.138. The van der Waals surface area contributed by atoms with Gasteiger partial charge in [0.2, 0.25) is 29.0 Å². The summed E-state index contributed by atoms with van der Waals surface area (Å²) in [6.07, 6.45) is 14.3. The molecule has 0 bridgehead atoms. The number of carbonyl (C=O) groups excluding carboxylic acids is 1. The minimum Gasteiger partial charge on any atom is -0.503 e. The maximum absolute atomic E-state index is 13.6. The number of aliphatic carboxylic acids is 1. The maximum atomic E-state index is 13.6. The molecule has 0 spiro atoms. The molecular weight excluding hydrogens is 1150 g/mol. The minimum absolute atomic E-state index is 0.0182. The third kappa shape index (κ3) is 20.2. The molecule has 8 N–H and O–H groups in total. The van der Waals surface area contributed by atoms with E-state index in [0.717, 1.165) is 165 Å². The number of aryl methyl sites for hydroxylation is 4. The van der Waals surface area contributed by atoms with Crippen LogP contribution in [0.1, 0.15) is 114 Å². The summed E-state index contributed by atoms with van der Waals surface area (Å²) in [5.74, 6) is -15.7. The van der Waals surface area contributed by atoms with Crippen molar-refractivity contribution < 1.29 is 69.1 Å². The van der Waals surface area contributed by atoms with Crippen LogP contribution in [0.3, 0.4) is 0 Å². The van der Waals surface area contributed by atoms with Gasteiger partial charge in [0, 0.05) is 48.8 Å². The topological polar surface area (TPSA) is 244 Å². The van der Waals surface area contributed by atoms with Crippen molar-refractivity contribution in [1.29, 1.82) is 0 Å². The van der Waals surface area contributed by atoms with E-state index in [0.29, 0.717) is 31.4 Å². The number of rotatable bonds is 31. The monoisotopic (exact) mass is 1220 g/mol. The zero-order valence-corrected chi connectivity index (χ0v) is 49.4. The van der Waals surface area contributed by atoms with Gasteiger partial charge in [-0.2, -0.15) is 17.6 Å². The standard InChI is InChI=1S/C31H37F4N5O3.C25H37N5O3.C6H2F4O/c1-3-4-9-24-38-28-20-11-10-19(17-23(20)37-31(36)29(28)39-24)8-6-5-7-13-40(2)14-16-42-15-12-25(41)43-30-26(34)21(32)18-22(33)27(30)35;1-3-4-9-21-28-23-19-11-10-18(17-20(19)27-25(26)24(23)29-21)8-6-5-7-13-30(2)14-16-33-15-12-22(31)32;7-2-1-3(8)5(10)6(11)4(2)9/h10-11,17-18H,3-9,12-16H2,1-2H3,(H2,36,37)(H,38,39);10-11,17H,3-9,12-16H2,1-2H3,(H2,26,27)(H,28,29)(H,31,32);1,11H. The van der Waals surface area contributed by atoms with Crippen LogP contribution < -0.4 is 16.2 Å². The number of carboxylic acid groups (broad SMARTS) is 1. The second-order valence-corrected chi connectivity index (χ2v) is 21.2. The lowest BCUT2D eigenvalue weighted by atomic mass is 10.0. The van der Waals surface area contributed by atoms with Gasteiger partial charge in [0.1, 0.15) is 45.4 Å². The second kappa shape index (κ2) is 34.0. The number of H-pyrrole nitrogens is 2. The van der Waals surface area contributed by atoms with Crippen LogP contribution in [0, 0.1) is 46.5 Å². The van der Waals surface area contributed by atoms with E-state index in [-0.39, 0.29) is 38.2 Å². The normalized spacial score (nSPS) is 11.5. The number of carbonyl (C=O) groups is 2. The van der Waals surface area contributed by atoms with E-state index in [1.165, 1.54) is 11.1 Å². The highest BCUT2D eigenvalue weighted by molar-refractivity contribution is 6.07. The van der Waals surface area contributed by atoms with Crippen LogP contribution in [0.15, 0.2) is 48.5 Å². The fourth-order valence-corrected chi connectivity index (χ4v) is 9.28. The Morgan fingerprint density at radius 1 is 0.529 bits per heavy atom. The Hall–Kier alpha value is -7.74. The van der Waals surface area contributed by atoms with Crippen molar-refractivity contribution in [2.75, 3.05) is 78.2 Å². The molecule has 472 valence electrons. The van der Waals surface area contributed by atoms with Crippen LogP contribution in [0.25, 0.3) is 43.9 Å². The number of nitrogens with zero attached hydrogens (tertiary/aromatic N) is 6. The summed E-state index contributed by atoms with van der Waals surface area (Å²) in [4.78, 5) is 52.1. The number of pyridine rings is 2. The Bertz CT molecular complexity index is 3520. The van der Waals surface area contributed by atoms with Crippen molar-refractivity contribution in [1.82, 2.24) is 39.7 Å². The van der Waals surface area contributed by atoms with Gasteiger partial charge in [-0.3, -0.25) is 9.59 Å². The smallest absolute Gasteiger partial charge is 0.313 e. The number of benzene rings is 4. The van der Waals surface area contributed by atoms with Crippen LogP contribution >= 0.6 is 0 Å². The molecule has 4 heterocycles. The first-order valence-corrected chi connectivity index (χ1v) is 29.1. The summed E-state index contributed by atoms with van der Waals surface area (Å²) in [6, 6.07) is 12.8. The molecule has 0 saturated carbocycles. The number of unbranched alkanes of at least 4 members (excludes halogenated alkanes) is 6. The molecule has 0 saturated heterocycles. The number of nitrogens with two attached hydrogens (primary N) is 2. The maximum Gasteiger partial charge on any atom is 0.313 e. The number of ether oxygens (including phenoxy) is 3. The molecule has 87 heavy (non-hydrogen) atoms. The molecule has 0 fully saturated rings. The van der Waals surface area contributed by atoms with E-state index in [4.69, 9.17) is 41.1 Å². The molecule has 0 radical (unpaired) electrons. The molecule has 0 amide bonds. The largest absolute Gasteiger partial charge is 0.503 e. The number of phenols is 1. The van der Waals surface area contributed by atoms with Gasteiger partial charge >= 0.3 is 11.9 Å². The van der Waals surface area contributed by atoms with E-state index in [9.17, 15) is 44.7 Å². The van der Waals surface area contributed by atoms with Gasteiger partial charge in [-0.25, -0.2) is 37.5 Å². The molecule has 8 aromatic rings. The summed E-state index contributed by atoms with van der Waals surface area (Å²) >= 11 is 0. The van der Waals surface area contributed by atoms with E-state index in [1.807, 2.05) is 7.05 Å². The van der Waals surface area contributed by atoms with Crippen molar-refractivity contribution in [2.45, 2.75) is 117 Å². The van der Waals surface area contributed by atoms with Crippen molar-refractivity contribution in [3.05, 3.63) is 118 Å². The van der Waals surface area contributed by atoms with Gasteiger partial charge in [-0.05, 0) is 102 Å². The number of fused-ring (bicyclic) bond motifs is 6. The second-order valence-electron chi connectivity index (χ2n) is 21.2. The number of hydrogen-bond donors (Lipinski definition) is 6. The average molecular weight is 1230 g/mol. The van der Waals surface area contributed by atoms with Crippen molar-refractivity contribution >= 4 is 67.4 Å². The zero-order valence-electron chi connectivity index (χ0n) is 49.4. The number of anilines is 2. The number of aromatic amines is 2. The average Bonchev–Trinajstić information content (AvgIpc) is 1.79. The molecule has 4 aromatic heterocycles. The lowest BCUT2D eigenvalue weighted by Crippen LogP contribution is -2.25. The van der Waals surface area contributed by atoms with Gasteiger partial charge in [-0.15, -0.1) is 0 Å². The predicted molar refractivity (Wildman–Crippen MR) is 317 cm³/mol. The Kier molecular flexibility index (Phi) is 26.7. The highest BCUT2D eigenvalue weighted by Crippen LogP contribution is 2.31. The first-order chi connectivity index (χ1) is 41.7. The minimum atomic E-state index is -1.79. The first kappa shape index (κ1) is 68.4. The number of aromatic nitrogens is 6. The third-order valence-corrected chi connectivity index (χ3v) is 14.2. The van der Waals surface area contributed by atoms with Gasteiger partial charge in [-0.1, -0.05) is 63.8 Å². The number of hydrogen-bond acceptors (Lipinski definition) is 14. The molecule has 4 aromatic carbocycles. The summed E-state index contributed by atoms with van der Waals surface area (Å²) in [6.45, 7) is 8.75. The number of imidazole rings is 2. The van der Waals surface area contributed by atoms with Crippen LogP contribution in [0.5, 0.6) is 11.5 Å². The molecular formula is C62H76F8N10O7. The first-order valence-electron chi connectivity index (χ1n) is 29.1. The lowest BCUT2D eigenvalue weighted by Gasteiger charge is -2.16. The van der Waals surface area contributed by atoms with Crippen LogP contribution in [0.4, 0.5) is 46.8 Å². The highest BCUT2D eigenvalue weighted by atomic mass is 19.2. The van der Waals surface area contributed by atoms with Gasteiger partial charge in [0.15, 0.2) is 29.0 Å². The fraction of sp³-hybridized carbons (Fsp3) is 0.452. The van der Waals surface area contributed by atoms with Crippen molar-refractivity contribution in [3.63, 3.8) is 0 Å². The van der Waals surface area contributed by atoms with E-state index >= 15 is 0 Å². The Labute approximate surface area is 498 Å². The quantitative estimate of drug-likeness (QED) is 0.00778. The molecule has 25 heteroatoms. The van der Waals surface area contributed by atoms with Crippen LogP contribution in [0.2, 0.25) is 0 Å². The third-order valence-electron chi connectivity index (χ3n) is 14.2. The van der Waals surface area contributed by atoms with Crippen molar-refractivity contribution in [2.24, 2.45) is 0 Å².